The molecular weight excluding hydrogens is 406 g/mol. The van der Waals surface area contributed by atoms with Gasteiger partial charge in [0.25, 0.3) is 10.0 Å². The van der Waals surface area contributed by atoms with Gasteiger partial charge in [0, 0.05) is 22.9 Å². The zero-order valence-electron chi connectivity index (χ0n) is 9.68. The van der Waals surface area contributed by atoms with Crippen molar-refractivity contribution in [1.29, 1.82) is 0 Å². The Labute approximate surface area is 128 Å². The molecule has 0 radical (unpaired) electrons. The number of hydrogen-bond acceptors (Lipinski definition) is 4. The summed E-state index contributed by atoms with van der Waals surface area (Å²) < 4.78 is 33.2. The maximum Gasteiger partial charge on any atom is 0.253 e. The van der Waals surface area contributed by atoms with Crippen LogP contribution in [0.15, 0.2) is 20.1 Å². The van der Waals surface area contributed by atoms with E-state index in [0.29, 0.717) is 27.1 Å². The Morgan fingerprint density at radius 2 is 2.28 bits per heavy atom. The van der Waals surface area contributed by atoms with Gasteiger partial charge in [-0.05, 0) is 34.3 Å². The highest BCUT2D eigenvalue weighted by molar-refractivity contribution is 9.10. The van der Waals surface area contributed by atoms with Gasteiger partial charge in [-0.3, -0.25) is 0 Å². The van der Waals surface area contributed by atoms with Gasteiger partial charge in [-0.15, -0.1) is 11.3 Å². The van der Waals surface area contributed by atoms with E-state index in [2.05, 4.69) is 31.9 Å². The third kappa shape index (κ3) is 2.99. The number of alkyl halides is 1. The molecule has 102 valence electrons. The fourth-order valence-corrected chi connectivity index (χ4v) is 6.22. The Hall–Kier alpha value is 0.530. The third-order valence-electron chi connectivity index (χ3n) is 2.62. The Kier molecular flexibility index (Phi) is 4.88. The molecule has 0 bridgehead atoms. The van der Waals surface area contributed by atoms with Crippen molar-refractivity contribution >= 4 is 53.2 Å². The lowest BCUT2D eigenvalue weighted by molar-refractivity contribution is -0.0410. The van der Waals surface area contributed by atoms with Crippen molar-refractivity contribution in [2.24, 2.45) is 0 Å². The average Bonchev–Trinajstić information content (AvgIpc) is 2.75. The number of morpholine rings is 1. The van der Waals surface area contributed by atoms with Crippen LogP contribution in [-0.2, 0) is 14.8 Å². The topological polar surface area (TPSA) is 46.6 Å². The maximum atomic E-state index is 12.5. The number of ether oxygens (including phenoxy) is 1. The predicted octanol–water partition coefficient (Wildman–Crippen LogP) is 2.68. The summed E-state index contributed by atoms with van der Waals surface area (Å²) in [5.74, 6) is 0. The Bertz CT molecular complexity index is 517. The summed E-state index contributed by atoms with van der Waals surface area (Å²) in [6.45, 7) is 2.68. The van der Waals surface area contributed by atoms with Crippen molar-refractivity contribution in [3.05, 3.63) is 15.9 Å². The molecular formula is C10H13Br2NO3S2. The molecule has 2 atom stereocenters. The number of halogens is 2. The second-order valence-corrected chi connectivity index (χ2v) is 8.65. The van der Waals surface area contributed by atoms with Crippen LogP contribution in [0.5, 0.6) is 0 Å². The average molecular weight is 419 g/mol. The first-order valence-corrected chi connectivity index (χ1v) is 9.63. The lowest BCUT2D eigenvalue weighted by Gasteiger charge is -2.35. The van der Waals surface area contributed by atoms with Gasteiger partial charge in [0.05, 0.1) is 12.2 Å². The first-order valence-electron chi connectivity index (χ1n) is 5.39. The summed E-state index contributed by atoms with van der Waals surface area (Å²) in [6.07, 6.45) is -0.183. The molecule has 0 saturated carbocycles. The molecule has 0 spiro atoms. The summed E-state index contributed by atoms with van der Waals surface area (Å²) in [4.78, 5) is 0. The van der Waals surface area contributed by atoms with Crippen LogP contribution in [0.1, 0.15) is 6.92 Å². The van der Waals surface area contributed by atoms with Crippen LogP contribution in [0.25, 0.3) is 0 Å². The van der Waals surface area contributed by atoms with Gasteiger partial charge >= 0.3 is 0 Å². The minimum absolute atomic E-state index is 0.0881. The molecule has 18 heavy (non-hydrogen) atoms. The van der Waals surface area contributed by atoms with Crippen molar-refractivity contribution in [3.63, 3.8) is 0 Å². The predicted molar refractivity (Wildman–Crippen MR) is 78.9 cm³/mol. The zero-order chi connectivity index (χ0) is 13.3. The van der Waals surface area contributed by atoms with E-state index in [9.17, 15) is 8.42 Å². The van der Waals surface area contributed by atoms with E-state index in [1.165, 1.54) is 15.6 Å². The molecule has 1 aliphatic rings. The summed E-state index contributed by atoms with van der Waals surface area (Å²) in [5.41, 5.74) is 0. The SMILES string of the molecule is CC1CN(S(=O)(=O)c2sccc2Br)CC(CBr)O1. The summed E-state index contributed by atoms with van der Waals surface area (Å²) in [5, 5.41) is 2.40. The van der Waals surface area contributed by atoms with Crippen LogP contribution in [0, 0.1) is 0 Å². The lowest BCUT2D eigenvalue weighted by atomic mass is 10.3. The molecule has 2 heterocycles. The minimum Gasteiger partial charge on any atom is -0.372 e. The summed E-state index contributed by atoms with van der Waals surface area (Å²) in [6, 6.07) is 1.75. The Morgan fingerprint density at radius 3 is 2.83 bits per heavy atom. The smallest absolute Gasteiger partial charge is 0.253 e. The van der Waals surface area contributed by atoms with Crippen LogP contribution in [0.4, 0.5) is 0 Å². The molecule has 8 heteroatoms. The van der Waals surface area contributed by atoms with Gasteiger partial charge in [-0.1, -0.05) is 15.9 Å². The normalized spacial score (nSPS) is 26.4. The number of rotatable bonds is 3. The van der Waals surface area contributed by atoms with Crippen molar-refractivity contribution in [2.45, 2.75) is 23.3 Å². The third-order valence-corrected chi connectivity index (χ3v) is 7.82. The largest absolute Gasteiger partial charge is 0.372 e. The molecule has 1 aromatic rings. The van der Waals surface area contributed by atoms with Crippen LogP contribution >= 0.6 is 43.2 Å². The molecule has 1 aliphatic heterocycles. The monoisotopic (exact) mass is 417 g/mol. The molecule has 0 aliphatic carbocycles. The highest BCUT2D eigenvalue weighted by Gasteiger charge is 2.35. The molecule has 1 aromatic heterocycles. The van der Waals surface area contributed by atoms with E-state index in [4.69, 9.17) is 4.74 Å². The van der Waals surface area contributed by atoms with Gasteiger partial charge in [0.15, 0.2) is 0 Å². The van der Waals surface area contributed by atoms with Crippen molar-refractivity contribution in [3.8, 4) is 0 Å². The Morgan fingerprint density at radius 1 is 1.56 bits per heavy atom. The van der Waals surface area contributed by atoms with Crippen LogP contribution < -0.4 is 0 Å². The van der Waals surface area contributed by atoms with Gasteiger partial charge in [0.2, 0.25) is 0 Å². The van der Waals surface area contributed by atoms with Gasteiger partial charge < -0.3 is 4.74 Å². The number of sulfonamides is 1. The molecule has 1 fully saturated rings. The molecule has 4 nitrogen and oxygen atoms in total. The van der Waals surface area contributed by atoms with Gasteiger partial charge in [0.1, 0.15) is 4.21 Å². The number of nitrogens with zero attached hydrogens (tertiary/aromatic N) is 1. The van der Waals surface area contributed by atoms with Gasteiger partial charge in [-0.25, -0.2) is 8.42 Å². The van der Waals surface area contributed by atoms with Crippen molar-refractivity contribution in [1.82, 2.24) is 4.31 Å². The second kappa shape index (κ2) is 5.88. The highest BCUT2D eigenvalue weighted by Crippen LogP contribution is 2.31. The molecule has 2 unspecified atom stereocenters. The van der Waals surface area contributed by atoms with Crippen LogP contribution in [0.3, 0.4) is 0 Å². The number of thiophene rings is 1. The van der Waals surface area contributed by atoms with Gasteiger partial charge in [-0.2, -0.15) is 4.31 Å². The van der Waals surface area contributed by atoms with Crippen LogP contribution in [-0.4, -0.2) is 43.4 Å². The van der Waals surface area contributed by atoms with E-state index >= 15 is 0 Å². The van der Waals surface area contributed by atoms with E-state index < -0.39 is 10.0 Å². The fourth-order valence-electron chi connectivity index (χ4n) is 1.87. The zero-order valence-corrected chi connectivity index (χ0v) is 14.5. The van der Waals surface area contributed by atoms with Crippen molar-refractivity contribution < 1.29 is 13.2 Å². The van der Waals surface area contributed by atoms with E-state index in [1.54, 1.807) is 11.4 Å². The molecule has 0 N–H and O–H groups in total. The van der Waals surface area contributed by atoms with Crippen molar-refractivity contribution in [2.75, 3.05) is 18.4 Å². The first-order chi connectivity index (χ1) is 8.45. The van der Waals surface area contributed by atoms with E-state index in [0.717, 1.165) is 0 Å². The first kappa shape index (κ1) is 14.9. The molecule has 0 amide bonds. The highest BCUT2D eigenvalue weighted by atomic mass is 79.9. The minimum atomic E-state index is -3.42. The summed E-state index contributed by atoms with van der Waals surface area (Å²) in [7, 11) is -3.42. The lowest BCUT2D eigenvalue weighted by Crippen LogP contribution is -2.49. The second-order valence-electron chi connectivity index (χ2n) is 4.10. The molecule has 1 saturated heterocycles. The summed E-state index contributed by atoms with van der Waals surface area (Å²) >= 11 is 7.85. The quantitative estimate of drug-likeness (QED) is 0.709. The molecule has 2 rings (SSSR count). The van der Waals surface area contributed by atoms with E-state index in [1.807, 2.05) is 6.92 Å². The van der Waals surface area contributed by atoms with Crippen LogP contribution in [0.2, 0.25) is 0 Å². The standard InChI is InChI=1S/C10H13Br2NO3S2/c1-7-5-13(6-8(4-11)16-7)18(14,15)10-9(12)2-3-17-10/h2-3,7-8H,4-6H2,1H3. The molecule has 0 aromatic carbocycles. The fraction of sp³-hybridized carbons (Fsp3) is 0.600. The van der Waals surface area contributed by atoms with E-state index in [-0.39, 0.29) is 12.2 Å². The number of hydrogen-bond donors (Lipinski definition) is 0. The Balaban J connectivity index is 2.28. The maximum absolute atomic E-state index is 12.5.